The molecule has 1 amide bonds. The van der Waals surface area contributed by atoms with Crippen LogP contribution in [0.25, 0.3) is 5.65 Å². The summed E-state index contributed by atoms with van der Waals surface area (Å²) in [5.41, 5.74) is 2.35. The SMILES string of the molecule is CCc1cc(C(=O)Nc2ccc(F)cc2)nc2ccnn12. The molecule has 2 heterocycles. The molecule has 106 valence electrons. The number of hydrogen-bond acceptors (Lipinski definition) is 3. The molecule has 0 saturated heterocycles. The molecule has 0 saturated carbocycles. The standard InChI is InChI=1S/C15H13FN4O/c1-2-12-9-13(19-14-7-8-17-20(12)14)15(21)18-11-5-3-10(16)4-6-11/h3-9H,2H2,1H3,(H,18,21). The summed E-state index contributed by atoms with van der Waals surface area (Å²) in [4.78, 5) is 16.5. The van der Waals surface area contributed by atoms with Crippen LogP contribution in [0.4, 0.5) is 10.1 Å². The van der Waals surface area contributed by atoms with Gasteiger partial charge >= 0.3 is 0 Å². The third kappa shape index (κ3) is 2.60. The molecule has 3 rings (SSSR count). The molecule has 0 aliphatic carbocycles. The summed E-state index contributed by atoms with van der Waals surface area (Å²) < 4.78 is 14.6. The first kappa shape index (κ1) is 13.2. The van der Waals surface area contributed by atoms with Crippen molar-refractivity contribution in [3.8, 4) is 0 Å². The Bertz CT molecular complexity index is 795. The van der Waals surface area contributed by atoms with Gasteiger partial charge in [-0.1, -0.05) is 6.92 Å². The number of nitrogens with one attached hydrogen (secondary N) is 1. The molecular formula is C15H13FN4O. The van der Waals surface area contributed by atoms with Crippen LogP contribution in [0.2, 0.25) is 0 Å². The van der Waals surface area contributed by atoms with E-state index in [0.29, 0.717) is 17.0 Å². The highest BCUT2D eigenvalue weighted by molar-refractivity contribution is 6.03. The van der Waals surface area contributed by atoms with Gasteiger partial charge in [-0.3, -0.25) is 4.79 Å². The summed E-state index contributed by atoms with van der Waals surface area (Å²) in [6.45, 7) is 1.98. The summed E-state index contributed by atoms with van der Waals surface area (Å²) in [6.07, 6.45) is 2.38. The van der Waals surface area contributed by atoms with Crippen molar-refractivity contribution in [1.29, 1.82) is 0 Å². The van der Waals surface area contributed by atoms with E-state index in [4.69, 9.17) is 0 Å². The zero-order valence-corrected chi connectivity index (χ0v) is 11.4. The Labute approximate surface area is 120 Å². The summed E-state index contributed by atoms with van der Waals surface area (Å²) in [7, 11) is 0. The smallest absolute Gasteiger partial charge is 0.274 e. The van der Waals surface area contributed by atoms with Crippen LogP contribution in [0.15, 0.2) is 42.6 Å². The zero-order valence-electron chi connectivity index (χ0n) is 11.4. The number of rotatable bonds is 3. The van der Waals surface area contributed by atoms with Gasteiger partial charge in [-0.25, -0.2) is 13.9 Å². The van der Waals surface area contributed by atoms with Gasteiger partial charge in [0.05, 0.1) is 6.20 Å². The Morgan fingerprint density at radius 3 is 2.76 bits per heavy atom. The molecule has 0 spiro atoms. The molecule has 2 aromatic heterocycles. The largest absolute Gasteiger partial charge is 0.321 e. The number of aromatic nitrogens is 3. The van der Waals surface area contributed by atoms with Gasteiger partial charge in [0.15, 0.2) is 5.65 Å². The molecule has 0 aliphatic rings. The highest BCUT2D eigenvalue weighted by atomic mass is 19.1. The second-order valence-corrected chi connectivity index (χ2v) is 4.55. The van der Waals surface area contributed by atoms with Gasteiger partial charge in [0.2, 0.25) is 0 Å². The minimum atomic E-state index is -0.347. The van der Waals surface area contributed by atoms with Crippen LogP contribution >= 0.6 is 0 Å². The van der Waals surface area contributed by atoms with Crippen LogP contribution in [0.5, 0.6) is 0 Å². The summed E-state index contributed by atoms with van der Waals surface area (Å²) >= 11 is 0. The number of halogens is 1. The van der Waals surface area contributed by atoms with Crippen LogP contribution in [-0.2, 0) is 6.42 Å². The highest BCUT2D eigenvalue weighted by Crippen LogP contribution is 2.12. The van der Waals surface area contributed by atoms with Crippen molar-refractivity contribution >= 4 is 17.2 Å². The van der Waals surface area contributed by atoms with E-state index in [-0.39, 0.29) is 11.7 Å². The Morgan fingerprint density at radius 1 is 1.29 bits per heavy atom. The van der Waals surface area contributed by atoms with Gasteiger partial charge in [0.1, 0.15) is 11.5 Å². The van der Waals surface area contributed by atoms with Gasteiger partial charge in [-0.2, -0.15) is 5.10 Å². The Balaban J connectivity index is 1.92. The molecule has 5 nitrogen and oxygen atoms in total. The van der Waals surface area contributed by atoms with Crippen LogP contribution in [0, 0.1) is 5.82 Å². The lowest BCUT2D eigenvalue weighted by Crippen LogP contribution is -2.15. The molecule has 0 atom stereocenters. The maximum Gasteiger partial charge on any atom is 0.274 e. The number of benzene rings is 1. The molecule has 0 aliphatic heterocycles. The molecule has 3 aromatic rings. The third-order valence-corrected chi connectivity index (χ3v) is 3.13. The number of amides is 1. The lowest BCUT2D eigenvalue weighted by Gasteiger charge is -2.07. The fraction of sp³-hybridized carbons (Fsp3) is 0.133. The van der Waals surface area contributed by atoms with Crippen LogP contribution < -0.4 is 5.32 Å². The van der Waals surface area contributed by atoms with E-state index in [1.54, 1.807) is 22.8 Å². The van der Waals surface area contributed by atoms with Gasteiger partial charge < -0.3 is 5.32 Å². The number of nitrogens with zero attached hydrogens (tertiary/aromatic N) is 3. The summed E-state index contributed by atoms with van der Waals surface area (Å²) in [6, 6.07) is 9.05. The van der Waals surface area contributed by atoms with E-state index in [0.717, 1.165) is 12.1 Å². The Kier molecular flexibility index (Phi) is 3.35. The van der Waals surface area contributed by atoms with Gasteiger partial charge in [-0.05, 0) is 36.8 Å². The van der Waals surface area contributed by atoms with E-state index in [1.807, 2.05) is 6.92 Å². The first-order valence-electron chi connectivity index (χ1n) is 6.58. The third-order valence-electron chi connectivity index (χ3n) is 3.13. The molecule has 0 fully saturated rings. The van der Waals surface area contributed by atoms with Gasteiger partial charge in [-0.15, -0.1) is 0 Å². The number of anilines is 1. The number of aryl methyl sites for hydroxylation is 1. The molecule has 1 aromatic carbocycles. The topological polar surface area (TPSA) is 59.3 Å². The summed E-state index contributed by atoms with van der Waals surface area (Å²) in [5.74, 6) is -0.680. The van der Waals surface area contributed by atoms with E-state index in [1.165, 1.54) is 24.3 Å². The summed E-state index contributed by atoms with van der Waals surface area (Å²) in [5, 5.41) is 6.86. The normalized spacial score (nSPS) is 10.8. The second kappa shape index (κ2) is 5.32. The minimum Gasteiger partial charge on any atom is -0.321 e. The molecular weight excluding hydrogens is 271 g/mol. The Hall–Kier alpha value is -2.76. The van der Waals surface area contributed by atoms with Crippen molar-refractivity contribution < 1.29 is 9.18 Å². The fourth-order valence-corrected chi connectivity index (χ4v) is 2.07. The lowest BCUT2D eigenvalue weighted by atomic mass is 10.2. The van der Waals surface area contributed by atoms with Crippen molar-refractivity contribution in [2.45, 2.75) is 13.3 Å². The molecule has 0 radical (unpaired) electrons. The predicted octanol–water partition coefficient (Wildman–Crippen LogP) is 2.68. The van der Waals surface area contributed by atoms with Crippen LogP contribution in [-0.4, -0.2) is 20.5 Å². The van der Waals surface area contributed by atoms with Gasteiger partial charge in [0, 0.05) is 17.4 Å². The average molecular weight is 284 g/mol. The molecule has 6 heteroatoms. The molecule has 0 unspecified atom stereocenters. The van der Waals surface area contributed by atoms with E-state index in [9.17, 15) is 9.18 Å². The maximum absolute atomic E-state index is 12.9. The second-order valence-electron chi connectivity index (χ2n) is 4.55. The van der Waals surface area contributed by atoms with E-state index in [2.05, 4.69) is 15.4 Å². The number of carbonyl (C=O) groups excluding carboxylic acids is 1. The molecule has 1 N–H and O–H groups in total. The number of fused-ring (bicyclic) bond motifs is 1. The van der Waals surface area contributed by atoms with E-state index < -0.39 is 0 Å². The van der Waals surface area contributed by atoms with E-state index >= 15 is 0 Å². The fourth-order valence-electron chi connectivity index (χ4n) is 2.07. The maximum atomic E-state index is 12.9. The molecule has 0 bridgehead atoms. The minimum absolute atomic E-state index is 0.309. The zero-order chi connectivity index (χ0) is 14.8. The lowest BCUT2D eigenvalue weighted by molar-refractivity contribution is 0.102. The van der Waals surface area contributed by atoms with Crippen LogP contribution in [0.3, 0.4) is 0 Å². The van der Waals surface area contributed by atoms with Gasteiger partial charge in [0.25, 0.3) is 5.91 Å². The predicted molar refractivity (Wildman–Crippen MR) is 76.7 cm³/mol. The number of hydrogen-bond donors (Lipinski definition) is 1. The number of carbonyl (C=O) groups is 1. The Morgan fingerprint density at radius 2 is 2.05 bits per heavy atom. The first-order chi connectivity index (χ1) is 10.2. The van der Waals surface area contributed by atoms with Crippen molar-refractivity contribution in [2.24, 2.45) is 0 Å². The quantitative estimate of drug-likeness (QED) is 0.804. The first-order valence-corrected chi connectivity index (χ1v) is 6.58. The van der Waals surface area contributed by atoms with Crippen molar-refractivity contribution in [1.82, 2.24) is 14.6 Å². The van der Waals surface area contributed by atoms with Crippen molar-refractivity contribution in [3.05, 3.63) is 59.8 Å². The molecule has 21 heavy (non-hydrogen) atoms. The van der Waals surface area contributed by atoms with Crippen molar-refractivity contribution in [3.63, 3.8) is 0 Å². The monoisotopic (exact) mass is 284 g/mol. The highest BCUT2D eigenvalue weighted by Gasteiger charge is 2.12. The van der Waals surface area contributed by atoms with Crippen molar-refractivity contribution in [2.75, 3.05) is 5.32 Å². The average Bonchev–Trinajstić information content (AvgIpc) is 2.97. The van der Waals surface area contributed by atoms with Crippen LogP contribution in [0.1, 0.15) is 23.1 Å².